The fraction of sp³-hybridized carbons (Fsp3) is 0.333. The Labute approximate surface area is 131 Å². The Hall–Kier alpha value is -1.86. The lowest BCUT2D eigenvalue weighted by Gasteiger charge is -2.17. The third-order valence-electron chi connectivity index (χ3n) is 3.18. The van der Waals surface area contributed by atoms with Crippen molar-refractivity contribution >= 4 is 17.3 Å². The summed E-state index contributed by atoms with van der Waals surface area (Å²) in [7, 11) is 1.78. The Morgan fingerprint density at radius 2 is 2.05 bits per heavy atom. The second kappa shape index (κ2) is 6.93. The Balaban J connectivity index is 2.10. The first kappa shape index (κ1) is 16.5. The highest BCUT2D eigenvalue weighted by atomic mass is 32.1. The molecule has 4 nitrogen and oxygen atoms in total. The normalized spacial score (nSPS) is 12.6. The number of hydrogen-bond acceptors (Lipinski definition) is 4. The third kappa shape index (κ3) is 3.86. The minimum atomic E-state index is -0.861. The van der Waals surface area contributed by atoms with Gasteiger partial charge in [-0.3, -0.25) is 9.69 Å². The maximum Gasteiger partial charge on any atom is 0.307 e. The lowest BCUT2D eigenvalue weighted by molar-refractivity contribution is -0.141. The van der Waals surface area contributed by atoms with E-state index < -0.39 is 23.5 Å². The van der Waals surface area contributed by atoms with Crippen LogP contribution in [0.5, 0.6) is 0 Å². The number of aromatic nitrogens is 1. The molecule has 1 unspecified atom stereocenters. The van der Waals surface area contributed by atoms with Gasteiger partial charge in [0.15, 0.2) is 0 Å². The number of carbonyl (C=O) groups is 1. The molecule has 1 heterocycles. The molecule has 22 heavy (non-hydrogen) atoms. The molecule has 1 aromatic heterocycles. The Bertz CT molecular complexity index is 655. The van der Waals surface area contributed by atoms with E-state index in [-0.39, 0.29) is 11.3 Å². The molecular weight excluding hydrogens is 310 g/mol. The number of hydrogen-bond donors (Lipinski definition) is 1. The summed E-state index contributed by atoms with van der Waals surface area (Å²) < 4.78 is 27.4. The Morgan fingerprint density at radius 3 is 2.64 bits per heavy atom. The zero-order valence-corrected chi connectivity index (χ0v) is 13.0. The molecule has 118 valence electrons. The van der Waals surface area contributed by atoms with Gasteiger partial charge >= 0.3 is 5.97 Å². The van der Waals surface area contributed by atoms with Crippen LogP contribution >= 0.6 is 11.3 Å². The topological polar surface area (TPSA) is 53.4 Å². The van der Waals surface area contributed by atoms with Crippen molar-refractivity contribution in [1.82, 2.24) is 9.88 Å². The molecule has 0 bridgehead atoms. The SMILES string of the molecule is CC(CN(C)Cc1nc(-c2c(F)cccc2F)cs1)C(=O)O. The van der Waals surface area contributed by atoms with E-state index in [1.54, 1.807) is 19.4 Å². The van der Waals surface area contributed by atoms with Crippen LogP contribution in [0.1, 0.15) is 11.9 Å². The maximum absolute atomic E-state index is 13.7. The Kier molecular flexibility index (Phi) is 5.20. The molecule has 2 aromatic rings. The number of benzene rings is 1. The van der Waals surface area contributed by atoms with Crippen LogP contribution in [0.4, 0.5) is 8.78 Å². The van der Waals surface area contributed by atoms with Gasteiger partial charge in [0.25, 0.3) is 0 Å². The largest absolute Gasteiger partial charge is 0.481 e. The third-order valence-corrected chi connectivity index (χ3v) is 4.02. The standard InChI is InChI=1S/C15H16F2N2O2S/c1-9(15(20)21)6-19(2)7-13-18-12(8-22-13)14-10(16)4-3-5-11(14)17/h3-5,8-9H,6-7H2,1-2H3,(H,20,21). The van der Waals surface area contributed by atoms with E-state index in [1.165, 1.54) is 29.5 Å². The van der Waals surface area contributed by atoms with Crippen molar-refractivity contribution in [2.45, 2.75) is 13.5 Å². The molecule has 0 aliphatic carbocycles. The smallest absolute Gasteiger partial charge is 0.307 e. The van der Waals surface area contributed by atoms with Gasteiger partial charge in [-0.2, -0.15) is 0 Å². The molecular formula is C15H16F2N2O2S. The highest BCUT2D eigenvalue weighted by Gasteiger charge is 2.17. The molecule has 2 rings (SSSR count). The van der Waals surface area contributed by atoms with Crippen molar-refractivity contribution in [3.63, 3.8) is 0 Å². The maximum atomic E-state index is 13.7. The second-order valence-electron chi connectivity index (χ2n) is 5.16. The molecule has 0 fully saturated rings. The molecule has 0 radical (unpaired) electrons. The van der Waals surface area contributed by atoms with E-state index in [0.29, 0.717) is 18.1 Å². The summed E-state index contributed by atoms with van der Waals surface area (Å²) in [6, 6.07) is 3.69. The summed E-state index contributed by atoms with van der Waals surface area (Å²) in [6.07, 6.45) is 0. The van der Waals surface area contributed by atoms with Crippen LogP contribution in [0.25, 0.3) is 11.3 Å². The molecule has 1 aromatic carbocycles. The van der Waals surface area contributed by atoms with Crippen LogP contribution in [-0.2, 0) is 11.3 Å². The number of thiazole rings is 1. The average molecular weight is 326 g/mol. The van der Waals surface area contributed by atoms with E-state index in [0.717, 1.165) is 0 Å². The zero-order chi connectivity index (χ0) is 16.3. The second-order valence-corrected chi connectivity index (χ2v) is 6.10. The van der Waals surface area contributed by atoms with E-state index in [1.807, 2.05) is 4.90 Å². The van der Waals surface area contributed by atoms with Gasteiger partial charge in [-0.05, 0) is 19.2 Å². The highest BCUT2D eigenvalue weighted by molar-refractivity contribution is 7.09. The molecule has 0 spiro atoms. The minimum Gasteiger partial charge on any atom is -0.481 e. The van der Waals surface area contributed by atoms with Crippen molar-refractivity contribution in [2.24, 2.45) is 5.92 Å². The van der Waals surface area contributed by atoms with E-state index in [4.69, 9.17) is 5.11 Å². The minimum absolute atomic E-state index is 0.133. The number of nitrogens with zero attached hydrogens (tertiary/aromatic N) is 2. The quantitative estimate of drug-likeness (QED) is 0.885. The molecule has 1 atom stereocenters. The van der Waals surface area contributed by atoms with Gasteiger partial charge in [0.05, 0.1) is 23.7 Å². The first-order valence-corrected chi connectivity index (χ1v) is 7.56. The first-order valence-electron chi connectivity index (χ1n) is 6.68. The van der Waals surface area contributed by atoms with E-state index in [9.17, 15) is 13.6 Å². The van der Waals surface area contributed by atoms with Gasteiger partial charge in [0, 0.05) is 11.9 Å². The van der Waals surface area contributed by atoms with Gasteiger partial charge in [-0.25, -0.2) is 13.8 Å². The summed E-state index contributed by atoms with van der Waals surface area (Å²) >= 11 is 1.29. The van der Waals surface area contributed by atoms with E-state index in [2.05, 4.69) is 4.98 Å². The van der Waals surface area contributed by atoms with E-state index >= 15 is 0 Å². The summed E-state index contributed by atoms with van der Waals surface area (Å²) in [6.45, 7) is 2.43. The van der Waals surface area contributed by atoms with Crippen LogP contribution in [0.2, 0.25) is 0 Å². The van der Waals surface area contributed by atoms with Gasteiger partial charge in [0.1, 0.15) is 16.6 Å². The number of halogens is 2. The number of rotatable bonds is 6. The van der Waals surface area contributed by atoms with Crippen molar-refractivity contribution < 1.29 is 18.7 Å². The van der Waals surface area contributed by atoms with Crippen molar-refractivity contribution in [3.8, 4) is 11.3 Å². The van der Waals surface area contributed by atoms with Crippen LogP contribution in [0.15, 0.2) is 23.6 Å². The highest BCUT2D eigenvalue weighted by Crippen LogP contribution is 2.27. The van der Waals surface area contributed by atoms with Gasteiger partial charge < -0.3 is 5.11 Å². The predicted octanol–water partition coefficient (Wildman–Crippen LogP) is 3.24. The fourth-order valence-corrected chi connectivity index (χ4v) is 2.95. The number of aliphatic carboxylic acids is 1. The number of carboxylic acids is 1. The van der Waals surface area contributed by atoms with Crippen LogP contribution in [0, 0.1) is 17.6 Å². The Morgan fingerprint density at radius 1 is 1.41 bits per heavy atom. The monoisotopic (exact) mass is 326 g/mol. The van der Waals surface area contributed by atoms with Gasteiger partial charge in [-0.1, -0.05) is 13.0 Å². The van der Waals surface area contributed by atoms with Gasteiger partial charge in [-0.15, -0.1) is 11.3 Å². The molecule has 7 heteroatoms. The number of carboxylic acid groups (broad SMARTS) is 1. The predicted molar refractivity (Wildman–Crippen MR) is 80.6 cm³/mol. The summed E-state index contributed by atoms with van der Waals surface area (Å²) in [5, 5.41) is 11.2. The van der Waals surface area contributed by atoms with Crippen molar-refractivity contribution in [2.75, 3.05) is 13.6 Å². The molecule has 0 saturated carbocycles. The van der Waals surface area contributed by atoms with Crippen molar-refractivity contribution in [1.29, 1.82) is 0 Å². The molecule has 0 aliphatic heterocycles. The molecule has 1 N–H and O–H groups in total. The average Bonchev–Trinajstić information content (AvgIpc) is 2.86. The lowest BCUT2D eigenvalue weighted by Crippen LogP contribution is -2.28. The van der Waals surface area contributed by atoms with Gasteiger partial charge in [0.2, 0.25) is 0 Å². The fourth-order valence-electron chi connectivity index (χ4n) is 2.08. The van der Waals surface area contributed by atoms with Crippen molar-refractivity contribution in [3.05, 3.63) is 40.2 Å². The van der Waals surface area contributed by atoms with Crippen LogP contribution in [0.3, 0.4) is 0 Å². The summed E-state index contributed by atoms with van der Waals surface area (Å²) in [5.74, 6) is -2.65. The summed E-state index contributed by atoms with van der Waals surface area (Å²) in [4.78, 5) is 16.9. The van der Waals surface area contributed by atoms with Crippen LogP contribution < -0.4 is 0 Å². The lowest BCUT2D eigenvalue weighted by atomic mass is 10.1. The first-order chi connectivity index (χ1) is 10.4. The zero-order valence-electron chi connectivity index (χ0n) is 12.2. The molecule has 0 aliphatic rings. The summed E-state index contributed by atoms with van der Waals surface area (Å²) in [5.41, 5.74) is 0.127. The van der Waals surface area contributed by atoms with Crippen LogP contribution in [-0.4, -0.2) is 34.6 Å². The molecule has 0 saturated heterocycles. The molecule has 0 amide bonds.